The molecule has 42 heavy (non-hydrogen) atoms. The Morgan fingerprint density at radius 2 is 1.48 bits per heavy atom. The zero-order chi connectivity index (χ0) is 31.1. The Morgan fingerprint density at radius 1 is 0.929 bits per heavy atom. The summed E-state index contributed by atoms with van der Waals surface area (Å²) >= 11 is 0. The molecule has 0 aromatic heterocycles. The first-order valence-electron chi connectivity index (χ1n) is 14.4. The summed E-state index contributed by atoms with van der Waals surface area (Å²) in [5, 5.41) is 17.3. The van der Waals surface area contributed by atoms with Gasteiger partial charge >= 0.3 is 6.09 Å². The molecule has 2 aromatic rings. The molecular weight excluding hydrogens is 536 g/mol. The summed E-state index contributed by atoms with van der Waals surface area (Å²) in [4.78, 5) is 55.2. The largest absolute Gasteiger partial charge is 0.444 e. The Morgan fingerprint density at radius 3 is 2.00 bits per heavy atom. The number of alkyl carbamates (subject to hydrolysis) is 1. The number of hydrogen-bond acceptors (Lipinski definition) is 6. The number of hydroxylamine groups is 2. The van der Waals surface area contributed by atoms with Crippen molar-refractivity contribution >= 4 is 23.8 Å². The number of likely N-dealkylation sites (tertiary alicyclic amines) is 1. The van der Waals surface area contributed by atoms with Crippen molar-refractivity contribution in [2.45, 2.75) is 96.5 Å². The van der Waals surface area contributed by atoms with Gasteiger partial charge in [-0.25, -0.2) is 9.86 Å². The van der Waals surface area contributed by atoms with E-state index in [2.05, 4.69) is 10.6 Å². The van der Waals surface area contributed by atoms with Gasteiger partial charge in [-0.05, 0) is 65.5 Å². The molecule has 0 unspecified atom stereocenters. The van der Waals surface area contributed by atoms with Gasteiger partial charge in [0.2, 0.25) is 11.8 Å². The number of ether oxygens (including phenoxy) is 1. The lowest BCUT2D eigenvalue weighted by Gasteiger charge is -2.34. The van der Waals surface area contributed by atoms with Crippen molar-refractivity contribution < 1.29 is 29.1 Å². The summed E-state index contributed by atoms with van der Waals surface area (Å²) < 4.78 is 5.38. The van der Waals surface area contributed by atoms with Gasteiger partial charge in [0.05, 0.1) is 0 Å². The van der Waals surface area contributed by atoms with Crippen LogP contribution in [0.3, 0.4) is 0 Å². The Kier molecular flexibility index (Phi) is 10.7. The minimum atomic E-state index is -1.33. The van der Waals surface area contributed by atoms with E-state index in [1.807, 2.05) is 32.9 Å². The molecule has 0 saturated carbocycles. The average molecular weight is 581 g/mol. The molecule has 10 heteroatoms. The van der Waals surface area contributed by atoms with Crippen LogP contribution in [-0.2, 0) is 32.0 Å². The summed E-state index contributed by atoms with van der Waals surface area (Å²) in [6.45, 7) is 11.0. The van der Waals surface area contributed by atoms with Gasteiger partial charge in [0.25, 0.3) is 5.91 Å². The smallest absolute Gasteiger partial charge is 0.408 e. The van der Waals surface area contributed by atoms with Crippen molar-refractivity contribution in [2.75, 3.05) is 6.54 Å². The van der Waals surface area contributed by atoms with Crippen LogP contribution in [0.25, 0.3) is 0 Å². The minimum Gasteiger partial charge on any atom is -0.444 e. The monoisotopic (exact) mass is 580 g/mol. The van der Waals surface area contributed by atoms with E-state index in [-0.39, 0.29) is 18.7 Å². The van der Waals surface area contributed by atoms with Crippen LogP contribution in [0.4, 0.5) is 4.79 Å². The first-order valence-corrected chi connectivity index (χ1v) is 14.4. The standard InChI is InChI=1S/C32H44N4O6/c1-31(2,3)34-27(37)25-18-13-19-35(25)29(39)26(21-23-16-11-8-12-17-23)36(41)28(38)24(20-22-14-9-7-10-15-22)33-30(40)42-32(4,5)6/h7-12,14-17,24-26,41H,13,18-21H2,1-6H3,(H,33,40)(H,34,37)/t24-,25+,26-/m0/s1. The molecule has 0 radical (unpaired) electrons. The maximum Gasteiger partial charge on any atom is 0.408 e. The second-order valence-corrected chi connectivity index (χ2v) is 12.7. The lowest BCUT2D eigenvalue weighted by molar-refractivity contribution is -0.185. The third kappa shape index (κ3) is 9.58. The van der Waals surface area contributed by atoms with Gasteiger partial charge < -0.3 is 20.3 Å². The summed E-state index contributed by atoms with van der Waals surface area (Å²) in [5.41, 5.74) is 0.157. The maximum atomic E-state index is 14.0. The first-order chi connectivity index (χ1) is 19.6. The van der Waals surface area contributed by atoms with Crippen LogP contribution in [0.1, 0.15) is 65.5 Å². The topological polar surface area (TPSA) is 128 Å². The highest BCUT2D eigenvalue weighted by Gasteiger charge is 2.42. The van der Waals surface area contributed by atoms with Gasteiger partial charge in [0.1, 0.15) is 23.7 Å². The van der Waals surface area contributed by atoms with Crippen molar-refractivity contribution in [1.82, 2.24) is 20.6 Å². The van der Waals surface area contributed by atoms with E-state index >= 15 is 0 Å². The predicted molar refractivity (Wildman–Crippen MR) is 159 cm³/mol. The van der Waals surface area contributed by atoms with Crippen molar-refractivity contribution in [2.24, 2.45) is 0 Å². The molecule has 2 aromatic carbocycles. The lowest BCUT2D eigenvalue weighted by atomic mass is 10.0. The van der Waals surface area contributed by atoms with Gasteiger partial charge in [-0.2, -0.15) is 0 Å². The van der Waals surface area contributed by atoms with E-state index in [1.54, 1.807) is 69.3 Å². The Hall–Kier alpha value is -3.92. The molecule has 0 bridgehead atoms. The molecule has 4 amide bonds. The van der Waals surface area contributed by atoms with Gasteiger partial charge in [-0.1, -0.05) is 60.7 Å². The van der Waals surface area contributed by atoms with E-state index in [0.717, 1.165) is 11.1 Å². The molecule has 1 aliphatic heterocycles. The molecule has 0 aliphatic carbocycles. The zero-order valence-corrected chi connectivity index (χ0v) is 25.4. The van der Waals surface area contributed by atoms with Crippen LogP contribution >= 0.6 is 0 Å². The molecule has 228 valence electrons. The number of nitrogens with zero attached hydrogens (tertiary/aromatic N) is 2. The number of benzene rings is 2. The normalized spacial score (nSPS) is 16.7. The Labute approximate surface area is 248 Å². The van der Waals surface area contributed by atoms with Crippen molar-refractivity contribution in [3.63, 3.8) is 0 Å². The highest BCUT2D eigenvalue weighted by molar-refractivity contribution is 5.94. The second-order valence-electron chi connectivity index (χ2n) is 12.7. The van der Waals surface area contributed by atoms with Crippen LogP contribution in [0.15, 0.2) is 60.7 Å². The molecule has 1 saturated heterocycles. The Bertz CT molecular complexity index is 1220. The second kappa shape index (κ2) is 13.8. The van der Waals surface area contributed by atoms with Crippen LogP contribution in [-0.4, -0.2) is 74.8 Å². The zero-order valence-electron chi connectivity index (χ0n) is 25.4. The molecule has 3 N–H and O–H groups in total. The third-order valence-corrected chi connectivity index (χ3v) is 6.69. The van der Waals surface area contributed by atoms with Gasteiger partial charge in [0, 0.05) is 24.9 Å². The van der Waals surface area contributed by atoms with Crippen LogP contribution in [0.2, 0.25) is 0 Å². The van der Waals surface area contributed by atoms with Crippen molar-refractivity contribution in [3.05, 3.63) is 71.8 Å². The molecule has 1 heterocycles. The van der Waals surface area contributed by atoms with Crippen molar-refractivity contribution in [1.29, 1.82) is 0 Å². The molecule has 0 spiro atoms. The molecule has 3 atom stereocenters. The van der Waals surface area contributed by atoms with E-state index in [0.29, 0.717) is 24.4 Å². The van der Waals surface area contributed by atoms with Crippen molar-refractivity contribution in [3.8, 4) is 0 Å². The van der Waals surface area contributed by atoms with Gasteiger partial charge in [-0.15, -0.1) is 0 Å². The highest BCUT2D eigenvalue weighted by atomic mass is 16.6. The van der Waals surface area contributed by atoms with Gasteiger partial charge in [0.15, 0.2) is 0 Å². The van der Waals surface area contributed by atoms with Gasteiger partial charge in [-0.3, -0.25) is 19.6 Å². The number of carbonyl (C=O) groups excluding carboxylic acids is 4. The van der Waals surface area contributed by atoms with Crippen LogP contribution < -0.4 is 10.6 Å². The fourth-order valence-electron chi connectivity index (χ4n) is 4.88. The molecule has 1 fully saturated rings. The number of rotatable bonds is 9. The summed E-state index contributed by atoms with van der Waals surface area (Å²) in [7, 11) is 0. The molecular formula is C32H44N4O6. The number of nitrogens with one attached hydrogen (secondary N) is 2. The third-order valence-electron chi connectivity index (χ3n) is 6.69. The molecule has 3 rings (SSSR count). The van der Waals surface area contributed by atoms with E-state index in [9.17, 15) is 24.4 Å². The number of hydrogen-bond donors (Lipinski definition) is 3. The van der Waals surface area contributed by atoms with E-state index < -0.39 is 47.2 Å². The minimum absolute atomic E-state index is 0.0104. The van der Waals surface area contributed by atoms with Crippen LogP contribution in [0.5, 0.6) is 0 Å². The van der Waals surface area contributed by atoms with E-state index in [4.69, 9.17) is 4.74 Å². The number of carbonyl (C=O) groups is 4. The highest BCUT2D eigenvalue weighted by Crippen LogP contribution is 2.23. The molecule has 10 nitrogen and oxygen atoms in total. The van der Waals surface area contributed by atoms with Crippen LogP contribution in [0, 0.1) is 0 Å². The maximum absolute atomic E-state index is 14.0. The Balaban J connectivity index is 1.92. The summed E-state index contributed by atoms with van der Waals surface area (Å²) in [6, 6.07) is 14.8. The summed E-state index contributed by atoms with van der Waals surface area (Å²) in [6.07, 6.45) is 0.332. The quantitative estimate of drug-likeness (QED) is 0.305. The summed E-state index contributed by atoms with van der Waals surface area (Å²) in [5.74, 6) is -1.69. The predicted octanol–water partition coefficient (Wildman–Crippen LogP) is 3.86. The number of amides is 4. The fraction of sp³-hybridized carbons (Fsp3) is 0.500. The fourth-order valence-corrected chi connectivity index (χ4v) is 4.88. The SMILES string of the molecule is CC(C)(C)NC(=O)[C@H]1CCCN1C(=O)[C@H](Cc1ccccc1)N(O)C(=O)[C@H](Cc1ccccc1)NC(=O)OC(C)(C)C. The lowest BCUT2D eigenvalue weighted by Crippen LogP contribution is -2.59. The first kappa shape index (κ1) is 32.6. The molecule has 1 aliphatic rings. The average Bonchev–Trinajstić information content (AvgIpc) is 3.40. The van der Waals surface area contributed by atoms with E-state index in [1.165, 1.54) is 4.90 Å².